The molecule has 0 atom stereocenters. The first kappa shape index (κ1) is 28.3. The predicted octanol–water partition coefficient (Wildman–Crippen LogP) is 11.7. The van der Waals surface area contributed by atoms with Gasteiger partial charge in [-0.05, 0) is 93.3 Å². The monoisotopic (exact) mass is 636 g/mol. The Labute approximate surface area is 288 Å². The Morgan fingerprint density at radius 3 is 1.24 bits per heavy atom. The third-order valence-corrected chi connectivity index (χ3v) is 9.58. The summed E-state index contributed by atoms with van der Waals surface area (Å²) in [7, 11) is 0. The van der Waals surface area contributed by atoms with E-state index >= 15 is 0 Å². The molecule has 0 aliphatic rings. The predicted molar refractivity (Wildman–Crippen MR) is 207 cm³/mol. The van der Waals surface area contributed by atoms with Crippen LogP contribution in [0.1, 0.15) is 0 Å². The summed E-state index contributed by atoms with van der Waals surface area (Å²) in [5.74, 6) is 0. The summed E-state index contributed by atoms with van der Waals surface area (Å²) in [6.45, 7) is 0. The molecule has 6 aromatic carbocycles. The number of pyridine rings is 4. The van der Waals surface area contributed by atoms with E-state index < -0.39 is 0 Å². The molecular formula is C46H28N4. The van der Waals surface area contributed by atoms with E-state index in [2.05, 4.69) is 158 Å². The Morgan fingerprint density at radius 2 is 0.660 bits per heavy atom. The average molecular weight is 637 g/mol. The molecule has 0 unspecified atom stereocenters. The average Bonchev–Trinajstić information content (AvgIpc) is 3.18. The van der Waals surface area contributed by atoms with E-state index in [0.717, 1.165) is 77.9 Å². The highest BCUT2D eigenvalue weighted by atomic mass is 14.8. The zero-order valence-electron chi connectivity index (χ0n) is 27.0. The number of hydrogen-bond donors (Lipinski definition) is 0. The van der Waals surface area contributed by atoms with E-state index in [-0.39, 0.29) is 0 Å². The molecule has 0 bridgehead atoms. The van der Waals surface area contributed by atoms with Gasteiger partial charge in [-0.1, -0.05) is 109 Å². The van der Waals surface area contributed by atoms with E-state index in [1.165, 1.54) is 21.5 Å². The second-order valence-corrected chi connectivity index (χ2v) is 12.8. The van der Waals surface area contributed by atoms with Crippen molar-refractivity contribution in [2.45, 2.75) is 0 Å². The first-order valence-electron chi connectivity index (χ1n) is 16.8. The van der Waals surface area contributed by atoms with Crippen molar-refractivity contribution < 1.29 is 0 Å². The highest BCUT2D eigenvalue weighted by Crippen LogP contribution is 2.33. The van der Waals surface area contributed by atoms with Crippen molar-refractivity contribution in [3.05, 3.63) is 170 Å². The van der Waals surface area contributed by atoms with Crippen LogP contribution in [-0.2, 0) is 0 Å². The van der Waals surface area contributed by atoms with Gasteiger partial charge < -0.3 is 0 Å². The fraction of sp³-hybridized carbons (Fsp3) is 0. The molecule has 0 saturated carbocycles. The van der Waals surface area contributed by atoms with E-state index in [4.69, 9.17) is 19.9 Å². The fourth-order valence-corrected chi connectivity index (χ4v) is 6.93. The molecule has 0 aliphatic carbocycles. The summed E-state index contributed by atoms with van der Waals surface area (Å²) in [4.78, 5) is 20.4. The van der Waals surface area contributed by atoms with Gasteiger partial charge in [0.15, 0.2) is 0 Å². The molecule has 0 N–H and O–H groups in total. The summed E-state index contributed by atoms with van der Waals surface area (Å²) < 4.78 is 0. The van der Waals surface area contributed by atoms with Gasteiger partial charge in [-0.25, -0.2) is 19.9 Å². The summed E-state index contributed by atoms with van der Waals surface area (Å²) >= 11 is 0. The van der Waals surface area contributed by atoms with Crippen molar-refractivity contribution >= 4 is 54.3 Å². The number of para-hydroxylation sites is 1. The number of fused-ring (bicyclic) bond motifs is 5. The summed E-state index contributed by atoms with van der Waals surface area (Å²) in [5.41, 5.74) is 10.3. The van der Waals surface area contributed by atoms with Crippen molar-refractivity contribution in [2.24, 2.45) is 0 Å². The summed E-state index contributed by atoms with van der Waals surface area (Å²) in [6, 6.07) is 59.3. The highest BCUT2D eigenvalue weighted by Gasteiger charge is 2.13. The Balaban J connectivity index is 1.11. The van der Waals surface area contributed by atoms with E-state index in [1.807, 2.05) is 12.1 Å². The van der Waals surface area contributed by atoms with Gasteiger partial charge in [0, 0.05) is 21.7 Å². The van der Waals surface area contributed by atoms with Crippen LogP contribution in [0.5, 0.6) is 0 Å². The molecule has 4 heteroatoms. The Kier molecular flexibility index (Phi) is 6.46. The van der Waals surface area contributed by atoms with Gasteiger partial charge in [0.1, 0.15) is 0 Å². The van der Waals surface area contributed by atoms with Crippen LogP contribution in [0.15, 0.2) is 170 Å². The van der Waals surface area contributed by atoms with Crippen LogP contribution >= 0.6 is 0 Å². The molecule has 232 valence electrons. The first-order valence-corrected chi connectivity index (χ1v) is 16.8. The van der Waals surface area contributed by atoms with Crippen LogP contribution in [0.2, 0.25) is 0 Å². The van der Waals surface area contributed by atoms with E-state index in [1.54, 1.807) is 0 Å². The Hall–Kier alpha value is -6.78. The third kappa shape index (κ3) is 5.02. The Bertz CT molecular complexity index is 2790. The molecule has 0 amide bonds. The lowest BCUT2D eigenvalue weighted by Gasteiger charge is -2.12. The second-order valence-electron chi connectivity index (χ2n) is 12.8. The first-order chi connectivity index (χ1) is 24.7. The molecule has 4 aromatic heterocycles. The number of aromatic nitrogens is 4. The standard InChI is InChI=1S/C46H28N4/c1-3-10-34-25-43-36(23-32(34)8-1)18-21-41(48-43)45-27-38(29-13-15-31(16-14-29)40-20-17-30-7-5-6-12-39(30)47-40)28-46(50-45)42-22-19-37-24-33-9-2-4-11-35(33)26-44(37)49-42/h1-28H. The molecular weight excluding hydrogens is 609 g/mol. The fourth-order valence-electron chi connectivity index (χ4n) is 6.93. The second kappa shape index (κ2) is 11.4. The zero-order chi connectivity index (χ0) is 33.0. The van der Waals surface area contributed by atoms with Gasteiger partial charge in [0.2, 0.25) is 0 Å². The Morgan fingerprint density at radius 1 is 0.220 bits per heavy atom. The molecule has 4 heterocycles. The van der Waals surface area contributed by atoms with Gasteiger partial charge in [-0.15, -0.1) is 0 Å². The molecule has 50 heavy (non-hydrogen) atoms. The lowest BCUT2D eigenvalue weighted by molar-refractivity contribution is 1.25. The SMILES string of the molecule is c1ccc2cc3nc(-c4cc(-c5ccc(-c6ccc7ccccc7n6)cc5)cc(-c5ccc6cc7ccccc7cc6n5)n4)ccc3cc2c1. The van der Waals surface area contributed by atoms with Crippen LogP contribution in [-0.4, -0.2) is 19.9 Å². The minimum Gasteiger partial charge on any atom is -0.248 e. The highest BCUT2D eigenvalue weighted by molar-refractivity contribution is 5.98. The van der Waals surface area contributed by atoms with Crippen LogP contribution in [0.25, 0.3) is 99.4 Å². The van der Waals surface area contributed by atoms with Crippen molar-refractivity contribution in [3.8, 4) is 45.2 Å². The lowest BCUT2D eigenvalue weighted by atomic mass is 9.99. The topological polar surface area (TPSA) is 51.6 Å². The number of rotatable bonds is 4. The maximum absolute atomic E-state index is 5.20. The summed E-state index contributed by atoms with van der Waals surface area (Å²) in [6.07, 6.45) is 0. The van der Waals surface area contributed by atoms with Gasteiger partial charge in [-0.3, -0.25) is 0 Å². The third-order valence-electron chi connectivity index (χ3n) is 9.58. The van der Waals surface area contributed by atoms with Crippen LogP contribution in [0.3, 0.4) is 0 Å². The van der Waals surface area contributed by atoms with Gasteiger partial charge >= 0.3 is 0 Å². The van der Waals surface area contributed by atoms with Crippen LogP contribution in [0.4, 0.5) is 0 Å². The molecule has 0 saturated heterocycles. The zero-order valence-corrected chi connectivity index (χ0v) is 27.0. The maximum Gasteiger partial charge on any atom is 0.0900 e. The molecule has 0 radical (unpaired) electrons. The normalized spacial score (nSPS) is 11.6. The summed E-state index contributed by atoms with van der Waals surface area (Å²) in [5, 5.41) is 8.08. The lowest BCUT2D eigenvalue weighted by Crippen LogP contribution is -1.95. The van der Waals surface area contributed by atoms with Gasteiger partial charge in [0.25, 0.3) is 0 Å². The molecule has 0 fully saturated rings. The van der Waals surface area contributed by atoms with E-state index in [0.29, 0.717) is 0 Å². The molecule has 0 spiro atoms. The molecule has 10 rings (SSSR count). The van der Waals surface area contributed by atoms with E-state index in [9.17, 15) is 0 Å². The minimum atomic E-state index is 0.799. The smallest absolute Gasteiger partial charge is 0.0900 e. The number of nitrogens with zero attached hydrogens (tertiary/aromatic N) is 4. The maximum atomic E-state index is 5.20. The largest absolute Gasteiger partial charge is 0.248 e. The quantitative estimate of drug-likeness (QED) is 0.180. The van der Waals surface area contributed by atoms with Gasteiger partial charge in [0.05, 0.1) is 45.0 Å². The van der Waals surface area contributed by atoms with Crippen molar-refractivity contribution in [1.82, 2.24) is 19.9 Å². The number of hydrogen-bond acceptors (Lipinski definition) is 4. The van der Waals surface area contributed by atoms with Crippen molar-refractivity contribution in [3.63, 3.8) is 0 Å². The number of benzene rings is 6. The van der Waals surface area contributed by atoms with Crippen molar-refractivity contribution in [1.29, 1.82) is 0 Å². The minimum absolute atomic E-state index is 0.799. The molecule has 0 aliphatic heterocycles. The van der Waals surface area contributed by atoms with Gasteiger partial charge in [-0.2, -0.15) is 0 Å². The van der Waals surface area contributed by atoms with Crippen LogP contribution < -0.4 is 0 Å². The van der Waals surface area contributed by atoms with Crippen LogP contribution in [0, 0.1) is 0 Å². The molecule has 10 aromatic rings. The van der Waals surface area contributed by atoms with Crippen molar-refractivity contribution in [2.75, 3.05) is 0 Å². The molecule has 4 nitrogen and oxygen atoms in total.